The van der Waals surface area contributed by atoms with Crippen molar-refractivity contribution in [3.63, 3.8) is 0 Å². The molecule has 0 aromatic carbocycles. The lowest BCUT2D eigenvalue weighted by Crippen LogP contribution is -2.16. The van der Waals surface area contributed by atoms with Crippen molar-refractivity contribution < 1.29 is 0 Å². The molecule has 3 heteroatoms. The summed E-state index contributed by atoms with van der Waals surface area (Å²) in [6.45, 7) is 8.74. The molecule has 1 atom stereocenters. The molecule has 0 spiro atoms. The van der Waals surface area contributed by atoms with Crippen molar-refractivity contribution in [1.29, 1.82) is 0 Å². The Hall–Kier alpha value is -0.570. The third kappa shape index (κ3) is 4.52. The maximum absolute atomic E-state index is 4.48. The van der Waals surface area contributed by atoms with Crippen molar-refractivity contribution >= 4 is 21.7 Å². The van der Waals surface area contributed by atoms with E-state index in [1.54, 1.807) is 0 Å². The first-order chi connectivity index (χ1) is 7.49. The molecule has 0 bridgehead atoms. The Morgan fingerprint density at radius 2 is 1.94 bits per heavy atom. The van der Waals surface area contributed by atoms with Crippen molar-refractivity contribution in [2.45, 2.75) is 46.6 Å². The summed E-state index contributed by atoms with van der Waals surface area (Å²) in [7, 11) is 0. The normalized spacial score (nSPS) is 12.9. The Kier molecular flexibility index (Phi) is 5.26. The van der Waals surface area contributed by atoms with Gasteiger partial charge < -0.3 is 5.32 Å². The van der Waals surface area contributed by atoms with Crippen LogP contribution in [-0.2, 0) is 0 Å². The van der Waals surface area contributed by atoms with Gasteiger partial charge in [0.1, 0.15) is 5.82 Å². The quantitative estimate of drug-likeness (QED) is 0.868. The summed E-state index contributed by atoms with van der Waals surface area (Å²) in [6, 6.07) is 4.54. The van der Waals surface area contributed by atoms with Crippen LogP contribution in [0.15, 0.2) is 16.6 Å². The number of rotatable bonds is 5. The third-order valence-electron chi connectivity index (χ3n) is 2.59. The van der Waals surface area contributed by atoms with Gasteiger partial charge in [-0.05, 0) is 60.7 Å². The summed E-state index contributed by atoms with van der Waals surface area (Å²) in [5.41, 5.74) is 1.03. The number of nitrogens with zero attached hydrogens (tertiary/aromatic N) is 1. The molecule has 1 unspecified atom stereocenters. The van der Waals surface area contributed by atoms with Crippen LogP contribution in [0.25, 0.3) is 0 Å². The Labute approximate surface area is 107 Å². The number of nitrogens with one attached hydrogen (secondary N) is 1. The van der Waals surface area contributed by atoms with Crippen molar-refractivity contribution in [1.82, 2.24) is 4.98 Å². The molecular weight excluding hydrogens is 264 g/mol. The van der Waals surface area contributed by atoms with Crippen LogP contribution in [0.2, 0.25) is 0 Å². The zero-order valence-electron chi connectivity index (χ0n) is 10.5. The fourth-order valence-electron chi connectivity index (χ4n) is 1.53. The summed E-state index contributed by atoms with van der Waals surface area (Å²) in [5.74, 6) is 1.74. The topological polar surface area (TPSA) is 24.9 Å². The first kappa shape index (κ1) is 13.5. The van der Waals surface area contributed by atoms with E-state index in [0.29, 0.717) is 6.04 Å². The van der Waals surface area contributed by atoms with Gasteiger partial charge in [0.2, 0.25) is 0 Å². The molecule has 0 aliphatic heterocycles. The van der Waals surface area contributed by atoms with Gasteiger partial charge in [-0.1, -0.05) is 13.8 Å². The van der Waals surface area contributed by atoms with Crippen LogP contribution in [0, 0.1) is 12.8 Å². The Bertz CT molecular complexity index is 337. The van der Waals surface area contributed by atoms with E-state index >= 15 is 0 Å². The van der Waals surface area contributed by atoms with Gasteiger partial charge in [-0.2, -0.15) is 0 Å². The molecule has 0 fully saturated rings. The molecule has 1 N–H and O–H groups in total. The number of hydrogen-bond donors (Lipinski definition) is 1. The minimum atomic E-state index is 0.482. The monoisotopic (exact) mass is 284 g/mol. The van der Waals surface area contributed by atoms with E-state index in [2.05, 4.69) is 47.0 Å². The highest BCUT2D eigenvalue weighted by Gasteiger charge is 2.05. The van der Waals surface area contributed by atoms with E-state index in [1.165, 1.54) is 12.8 Å². The molecule has 1 rings (SSSR count). The Morgan fingerprint density at radius 1 is 1.25 bits per heavy atom. The molecular formula is C13H21BrN2. The van der Waals surface area contributed by atoms with Crippen molar-refractivity contribution in [3.05, 3.63) is 22.3 Å². The zero-order chi connectivity index (χ0) is 12.1. The van der Waals surface area contributed by atoms with Gasteiger partial charge in [-0.15, -0.1) is 0 Å². The van der Waals surface area contributed by atoms with E-state index in [-0.39, 0.29) is 0 Å². The van der Waals surface area contributed by atoms with Gasteiger partial charge in [0.25, 0.3) is 0 Å². The second kappa shape index (κ2) is 6.24. The Balaban J connectivity index is 2.49. The second-order valence-corrected chi connectivity index (χ2v) is 5.63. The largest absolute Gasteiger partial charge is 0.368 e. The summed E-state index contributed by atoms with van der Waals surface area (Å²) in [4.78, 5) is 4.48. The maximum atomic E-state index is 4.48. The van der Waals surface area contributed by atoms with E-state index in [9.17, 15) is 0 Å². The predicted molar refractivity (Wildman–Crippen MR) is 73.8 cm³/mol. The first-order valence-electron chi connectivity index (χ1n) is 5.88. The fraction of sp³-hybridized carbons (Fsp3) is 0.615. The highest BCUT2D eigenvalue weighted by Crippen LogP contribution is 2.17. The minimum Gasteiger partial charge on any atom is -0.368 e. The number of aromatic nitrogens is 1. The van der Waals surface area contributed by atoms with E-state index in [0.717, 1.165) is 21.9 Å². The van der Waals surface area contributed by atoms with E-state index < -0.39 is 0 Å². The average molecular weight is 285 g/mol. The van der Waals surface area contributed by atoms with Crippen LogP contribution in [0.4, 0.5) is 5.82 Å². The third-order valence-corrected chi connectivity index (χ3v) is 3.43. The predicted octanol–water partition coefficient (Wildman–Crippen LogP) is 4.39. The molecule has 90 valence electrons. The fourth-order valence-corrected chi connectivity index (χ4v) is 1.75. The summed E-state index contributed by atoms with van der Waals surface area (Å²) in [6.07, 6.45) is 2.44. The molecule has 0 radical (unpaired) electrons. The number of hydrogen-bond acceptors (Lipinski definition) is 2. The average Bonchev–Trinajstić information content (AvgIpc) is 2.21. The molecule has 0 aliphatic carbocycles. The van der Waals surface area contributed by atoms with Gasteiger partial charge in [-0.25, -0.2) is 4.98 Å². The lowest BCUT2D eigenvalue weighted by atomic mass is 10.0. The first-order valence-corrected chi connectivity index (χ1v) is 6.68. The van der Waals surface area contributed by atoms with Crippen molar-refractivity contribution in [3.8, 4) is 0 Å². The van der Waals surface area contributed by atoms with Crippen LogP contribution < -0.4 is 5.32 Å². The van der Waals surface area contributed by atoms with Gasteiger partial charge in [-0.3, -0.25) is 0 Å². The van der Waals surface area contributed by atoms with Crippen LogP contribution in [0.3, 0.4) is 0 Å². The maximum Gasteiger partial charge on any atom is 0.126 e. The second-order valence-electron chi connectivity index (χ2n) is 4.78. The molecule has 1 aromatic rings. The zero-order valence-corrected chi connectivity index (χ0v) is 12.1. The van der Waals surface area contributed by atoms with Crippen LogP contribution in [0.1, 0.15) is 39.3 Å². The highest BCUT2D eigenvalue weighted by molar-refractivity contribution is 9.10. The van der Waals surface area contributed by atoms with E-state index in [4.69, 9.17) is 0 Å². The molecule has 0 saturated heterocycles. The highest BCUT2D eigenvalue weighted by atomic mass is 79.9. The van der Waals surface area contributed by atoms with E-state index in [1.807, 2.05) is 19.1 Å². The van der Waals surface area contributed by atoms with Gasteiger partial charge >= 0.3 is 0 Å². The molecule has 16 heavy (non-hydrogen) atoms. The number of halogens is 1. The Morgan fingerprint density at radius 3 is 2.50 bits per heavy atom. The lowest BCUT2D eigenvalue weighted by Gasteiger charge is -2.16. The van der Waals surface area contributed by atoms with Crippen LogP contribution in [0.5, 0.6) is 0 Å². The van der Waals surface area contributed by atoms with Gasteiger partial charge in [0.15, 0.2) is 0 Å². The van der Waals surface area contributed by atoms with Crippen LogP contribution >= 0.6 is 15.9 Å². The number of anilines is 1. The van der Waals surface area contributed by atoms with Gasteiger partial charge in [0.05, 0.1) is 5.69 Å². The molecule has 1 heterocycles. The molecule has 0 saturated carbocycles. The standard InChI is InChI=1S/C13H21BrN2/c1-9(2)5-6-10(3)15-13-8-7-12(14)11(4)16-13/h7-10H,5-6H2,1-4H3,(H,15,16). The summed E-state index contributed by atoms with van der Waals surface area (Å²) < 4.78 is 1.06. The smallest absolute Gasteiger partial charge is 0.126 e. The number of aryl methyl sites for hydroxylation is 1. The molecule has 1 aromatic heterocycles. The van der Waals surface area contributed by atoms with Crippen molar-refractivity contribution in [2.75, 3.05) is 5.32 Å². The molecule has 2 nitrogen and oxygen atoms in total. The number of pyridine rings is 1. The molecule has 0 aliphatic rings. The van der Waals surface area contributed by atoms with Crippen LogP contribution in [-0.4, -0.2) is 11.0 Å². The SMILES string of the molecule is Cc1nc(NC(C)CCC(C)C)ccc1Br. The lowest BCUT2D eigenvalue weighted by molar-refractivity contribution is 0.527. The van der Waals surface area contributed by atoms with Gasteiger partial charge in [0, 0.05) is 10.5 Å². The summed E-state index contributed by atoms with van der Waals surface area (Å²) in [5, 5.41) is 3.43. The van der Waals surface area contributed by atoms with Crippen molar-refractivity contribution in [2.24, 2.45) is 5.92 Å². The minimum absolute atomic E-state index is 0.482. The summed E-state index contributed by atoms with van der Waals surface area (Å²) >= 11 is 3.46. The molecule has 0 amide bonds.